The highest BCUT2D eigenvalue weighted by Gasteiger charge is 2.45. The quantitative estimate of drug-likeness (QED) is 0.612. The lowest BCUT2D eigenvalue weighted by atomic mass is 9.96. The summed E-state index contributed by atoms with van der Waals surface area (Å²) in [5.74, 6) is -0.708. The molecule has 1 unspecified atom stereocenters. The Morgan fingerprint density at radius 3 is 2.58 bits per heavy atom. The van der Waals surface area contributed by atoms with Gasteiger partial charge in [0.25, 0.3) is 0 Å². The number of benzene rings is 1. The molecule has 0 aliphatic carbocycles. The molecule has 4 rings (SSSR count). The van der Waals surface area contributed by atoms with Crippen molar-refractivity contribution in [3.8, 4) is 0 Å². The van der Waals surface area contributed by atoms with Crippen molar-refractivity contribution in [3.05, 3.63) is 48.2 Å². The largest absolute Gasteiger partial charge is 0.417 e. The molecule has 2 amide bonds. The van der Waals surface area contributed by atoms with Gasteiger partial charge < -0.3 is 5.32 Å². The first-order chi connectivity index (χ1) is 14.5. The van der Waals surface area contributed by atoms with Crippen molar-refractivity contribution in [3.63, 3.8) is 0 Å². The van der Waals surface area contributed by atoms with E-state index in [0.717, 1.165) is 24.0 Å². The Balaban J connectivity index is 1.67. The Morgan fingerprint density at radius 1 is 1.16 bits per heavy atom. The second-order valence-electron chi connectivity index (χ2n) is 7.59. The van der Waals surface area contributed by atoms with Gasteiger partial charge in [-0.25, -0.2) is 0 Å². The maximum absolute atomic E-state index is 13.4. The van der Waals surface area contributed by atoms with Crippen LogP contribution in [-0.4, -0.2) is 37.2 Å². The number of nitrogens with zero attached hydrogens (tertiary/aromatic N) is 4. The van der Waals surface area contributed by atoms with Gasteiger partial charge in [0.1, 0.15) is 5.54 Å². The second-order valence-corrected chi connectivity index (χ2v) is 8.90. The van der Waals surface area contributed by atoms with Crippen LogP contribution in [0, 0.1) is 0 Å². The molecule has 1 aliphatic rings. The van der Waals surface area contributed by atoms with Gasteiger partial charge in [-0.3, -0.25) is 18.9 Å². The number of fused-ring (bicyclic) bond motifs is 2. The minimum Gasteiger partial charge on any atom is -0.322 e. The van der Waals surface area contributed by atoms with E-state index in [2.05, 4.69) is 15.5 Å². The number of nitrogens with one attached hydrogen (secondary N) is 1. The van der Waals surface area contributed by atoms with Gasteiger partial charge in [0, 0.05) is 6.20 Å². The van der Waals surface area contributed by atoms with E-state index in [0.29, 0.717) is 11.4 Å². The van der Waals surface area contributed by atoms with Gasteiger partial charge in [-0.05, 0) is 45.0 Å². The first-order valence-corrected chi connectivity index (χ1v) is 10.2. The molecule has 0 bridgehead atoms. The van der Waals surface area contributed by atoms with Crippen LogP contribution in [0.25, 0.3) is 5.65 Å². The summed E-state index contributed by atoms with van der Waals surface area (Å²) in [7, 11) is 0. The summed E-state index contributed by atoms with van der Waals surface area (Å²) in [6.07, 6.45) is -3.61. The fraction of sp³-hybridized carbons (Fsp3) is 0.300. The lowest BCUT2D eigenvalue weighted by Gasteiger charge is -2.42. The van der Waals surface area contributed by atoms with Gasteiger partial charge in [-0.15, -0.1) is 10.2 Å². The Kier molecular flexibility index (Phi) is 4.95. The van der Waals surface area contributed by atoms with E-state index >= 15 is 0 Å². The molecule has 162 valence electrons. The number of carbonyl (C=O) groups excluding carboxylic acids is 2. The molecule has 0 saturated heterocycles. The number of aromatic nitrogens is 3. The van der Waals surface area contributed by atoms with Crippen molar-refractivity contribution in [2.24, 2.45) is 0 Å². The molecule has 3 heterocycles. The van der Waals surface area contributed by atoms with Crippen molar-refractivity contribution >= 4 is 40.6 Å². The van der Waals surface area contributed by atoms with Crippen LogP contribution in [0.15, 0.2) is 47.8 Å². The summed E-state index contributed by atoms with van der Waals surface area (Å²) < 4.78 is 40.5. The molecule has 7 nitrogen and oxygen atoms in total. The van der Waals surface area contributed by atoms with E-state index in [1.54, 1.807) is 45.0 Å². The molecule has 11 heteroatoms. The van der Waals surface area contributed by atoms with Crippen molar-refractivity contribution in [2.75, 3.05) is 10.2 Å². The second kappa shape index (κ2) is 7.26. The molecule has 31 heavy (non-hydrogen) atoms. The Hall–Kier alpha value is -3.08. The first-order valence-electron chi connectivity index (χ1n) is 9.33. The third-order valence-corrected chi connectivity index (χ3v) is 6.10. The number of carbonyl (C=O) groups is 2. The maximum atomic E-state index is 13.4. The number of para-hydroxylation sites is 2. The van der Waals surface area contributed by atoms with Gasteiger partial charge in [0.05, 0.1) is 22.2 Å². The molecule has 0 saturated carbocycles. The molecular weight excluding hydrogens is 431 g/mol. The molecule has 1 N–H and O–H groups in total. The topological polar surface area (TPSA) is 79.6 Å². The van der Waals surface area contributed by atoms with Gasteiger partial charge in [0.2, 0.25) is 11.8 Å². The first kappa shape index (κ1) is 21.2. The monoisotopic (exact) mass is 449 g/mol. The minimum atomic E-state index is -4.52. The standard InChI is InChI=1S/C20H18F3N5O2S/c1-11(31-18-26-25-15-9-8-12(10-27(15)18)20(21,22)23)16(29)28-14-7-5-4-6-13(14)24-17(30)19(28,2)3/h4-11H,1-3H3,(H,24,30). The van der Waals surface area contributed by atoms with E-state index in [-0.39, 0.29) is 22.6 Å². The van der Waals surface area contributed by atoms with Gasteiger partial charge in [-0.1, -0.05) is 23.9 Å². The number of alkyl halides is 3. The van der Waals surface area contributed by atoms with Crippen LogP contribution in [-0.2, 0) is 15.8 Å². The van der Waals surface area contributed by atoms with Crippen molar-refractivity contribution < 1.29 is 22.8 Å². The molecule has 1 aromatic carbocycles. The molecular formula is C20H18F3N5O2S. The average molecular weight is 449 g/mol. The van der Waals surface area contributed by atoms with E-state index in [9.17, 15) is 22.8 Å². The van der Waals surface area contributed by atoms with Crippen molar-refractivity contribution in [2.45, 2.75) is 42.9 Å². The third-order valence-electron chi connectivity index (χ3n) is 5.06. The molecule has 0 radical (unpaired) electrons. The number of anilines is 2. The zero-order chi connectivity index (χ0) is 22.6. The highest BCUT2D eigenvalue weighted by atomic mass is 32.2. The fourth-order valence-electron chi connectivity index (χ4n) is 3.35. The average Bonchev–Trinajstić information content (AvgIpc) is 3.10. The highest BCUT2D eigenvalue weighted by Crippen LogP contribution is 2.39. The predicted octanol–water partition coefficient (Wildman–Crippen LogP) is 3.99. The number of hydrogen-bond donors (Lipinski definition) is 1. The number of hydrogen-bond acceptors (Lipinski definition) is 5. The van der Waals surface area contributed by atoms with Crippen LogP contribution in [0.2, 0.25) is 0 Å². The van der Waals surface area contributed by atoms with Gasteiger partial charge >= 0.3 is 6.18 Å². The van der Waals surface area contributed by atoms with Crippen LogP contribution in [0.3, 0.4) is 0 Å². The number of thioether (sulfide) groups is 1. The van der Waals surface area contributed by atoms with Crippen LogP contribution in [0.4, 0.5) is 24.5 Å². The SMILES string of the molecule is CC(Sc1nnc2ccc(C(F)(F)F)cn12)C(=O)N1c2ccccc2NC(=O)C1(C)C. The molecule has 0 fully saturated rings. The molecule has 0 spiro atoms. The number of rotatable bonds is 3. The fourth-order valence-corrected chi connectivity index (χ4v) is 4.22. The van der Waals surface area contributed by atoms with E-state index in [4.69, 9.17) is 0 Å². The maximum Gasteiger partial charge on any atom is 0.417 e. The lowest BCUT2D eigenvalue weighted by molar-refractivity contribution is -0.137. The number of halogens is 3. The Morgan fingerprint density at radius 2 is 1.87 bits per heavy atom. The van der Waals surface area contributed by atoms with Crippen molar-refractivity contribution in [1.29, 1.82) is 0 Å². The number of pyridine rings is 1. The van der Waals surface area contributed by atoms with Gasteiger partial charge in [-0.2, -0.15) is 13.2 Å². The van der Waals surface area contributed by atoms with Crippen molar-refractivity contribution in [1.82, 2.24) is 14.6 Å². The van der Waals surface area contributed by atoms with Crippen LogP contribution in [0.1, 0.15) is 26.3 Å². The van der Waals surface area contributed by atoms with E-state index in [1.807, 2.05) is 0 Å². The Labute approximate surface area is 179 Å². The number of amides is 2. The lowest BCUT2D eigenvalue weighted by Crippen LogP contribution is -2.60. The normalized spacial score (nSPS) is 16.7. The molecule has 1 atom stereocenters. The van der Waals surface area contributed by atoms with Crippen LogP contribution >= 0.6 is 11.8 Å². The summed E-state index contributed by atoms with van der Waals surface area (Å²) in [5, 5.41) is 10.0. The zero-order valence-electron chi connectivity index (χ0n) is 16.8. The van der Waals surface area contributed by atoms with E-state index < -0.39 is 22.5 Å². The van der Waals surface area contributed by atoms with Crippen LogP contribution in [0.5, 0.6) is 0 Å². The van der Waals surface area contributed by atoms with Crippen LogP contribution < -0.4 is 10.2 Å². The molecule has 2 aromatic heterocycles. The summed E-state index contributed by atoms with van der Waals surface area (Å²) in [6.45, 7) is 4.89. The molecule has 1 aliphatic heterocycles. The molecule has 3 aromatic rings. The summed E-state index contributed by atoms with van der Waals surface area (Å²) in [5.41, 5.74) is -0.701. The smallest absolute Gasteiger partial charge is 0.322 e. The third kappa shape index (κ3) is 3.62. The van der Waals surface area contributed by atoms with Gasteiger partial charge in [0.15, 0.2) is 10.8 Å². The summed E-state index contributed by atoms with van der Waals surface area (Å²) >= 11 is 0.977. The van der Waals surface area contributed by atoms with E-state index in [1.165, 1.54) is 15.4 Å². The Bertz CT molecular complexity index is 1190. The minimum absolute atomic E-state index is 0.148. The summed E-state index contributed by atoms with van der Waals surface area (Å²) in [6, 6.07) is 9.09. The summed E-state index contributed by atoms with van der Waals surface area (Å²) in [4.78, 5) is 27.4. The predicted molar refractivity (Wildman–Crippen MR) is 110 cm³/mol. The zero-order valence-corrected chi connectivity index (χ0v) is 17.6. The highest BCUT2D eigenvalue weighted by molar-refractivity contribution is 8.00.